The number of benzene rings is 1. The Balaban J connectivity index is 2.83. The molecule has 5 nitrogen and oxygen atoms in total. The van der Waals surface area contributed by atoms with Crippen LogP contribution in [0.2, 0.25) is 10.0 Å². The van der Waals surface area contributed by atoms with Crippen molar-refractivity contribution in [2.75, 3.05) is 32.5 Å². The summed E-state index contributed by atoms with van der Waals surface area (Å²) in [6.45, 7) is 1.47. The zero-order chi connectivity index (χ0) is 13.0. The van der Waals surface area contributed by atoms with Crippen molar-refractivity contribution in [2.45, 2.75) is 0 Å². The third kappa shape index (κ3) is 4.03. The van der Waals surface area contributed by atoms with Gasteiger partial charge in [0, 0.05) is 25.2 Å². The second kappa shape index (κ2) is 6.05. The highest BCUT2D eigenvalue weighted by atomic mass is 35.5. The van der Waals surface area contributed by atoms with Gasteiger partial charge in [-0.2, -0.15) is 0 Å². The third-order valence-corrected chi connectivity index (χ3v) is 2.69. The summed E-state index contributed by atoms with van der Waals surface area (Å²) >= 11 is 11.9. The van der Waals surface area contributed by atoms with Crippen LogP contribution in [-0.2, 0) is 0 Å². The number of halogens is 2. The van der Waals surface area contributed by atoms with Gasteiger partial charge in [0.1, 0.15) is 0 Å². The molecule has 1 rings (SSSR count). The molecule has 94 valence electrons. The normalized spacial score (nSPS) is 10.6. The minimum atomic E-state index is -0.526. The molecule has 0 unspecified atom stereocenters. The van der Waals surface area contributed by atoms with Crippen LogP contribution in [0.3, 0.4) is 0 Å². The van der Waals surface area contributed by atoms with Gasteiger partial charge in [-0.3, -0.25) is 10.1 Å². The molecule has 0 radical (unpaired) electrons. The molecule has 0 heterocycles. The minimum Gasteiger partial charge on any atom is -0.381 e. The predicted molar refractivity (Wildman–Crippen MR) is 70.2 cm³/mol. The Morgan fingerprint density at radius 1 is 1.35 bits per heavy atom. The summed E-state index contributed by atoms with van der Waals surface area (Å²) in [6.07, 6.45) is 0. The molecule has 1 aromatic rings. The van der Waals surface area contributed by atoms with E-state index in [2.05, 4.69) is 5.32 Å². The Morgan fingerprint density at radius 2 is 1.88 bits per heavy atom. The van der Waals surface area contributed by atoms with E-state index in [1.54, 1.807) is 0 Å². The Labute approximate surface area is 109 Å². The lowest BCUT2D eigenvalue weighted by Gasteiger charge is -2.13. The van der Waals surface area contributed by atoms with E-state index in [0.29, 0.717) is 12.2 Å². The molecule has 0 saturated carbocycles. The topological polar surface area (TPSA) is 58.4 Å². The van der Waals surface area contributed by atoms with E-state index in [4.69, 9.17) is 23.2 Å². The van der Waals surface area contributed by atoms with E-state index >= 15 is 0 Å². The van der Waals surface area contributed by atoms with Gasteiger partial charge in [0.15, 0.2) is 0 Å². The van der Waals surface area contributed by atoms with Gasteiger partial charge in [0.2, 0.25) is 0 Å². The summed E-state index contributed by atoms with van der Waals surface area (Å²) in [5.74, 6) is 0. The molecule has 0 fully saturated rings. The molecule has 0 bridgehead atoms. The van der Waals surface area contributed by atoms with Crippen molar-refractivity contribution >= 4 is 34.6 Å². The van der Waals surface area contributed by atoms with Crippen LogP contribution < -0.4 is 5.32 Å². The van der Waals surface area contributed by atoms with Crippen molar-refractivity contribution in [1.82, 2.24) is 4.90 Å². The number of nitro groups is 1. The standard InChI is InChI=1S/C10H13Cl2N3O2/c1-14(2)4-3-13-10-8(11)5-7(15(16)17)6-9(10)12/h5-6,13H,3-4H2,1-2H3. The minimum absolute atomic E-state index is 0.113. The zero-order valence-electron chi connectivity index (χ0n) is 9.54. The first kappa shape index (κ1) is 14.0. The highest BCUT2D eigenvalue weighted by Crippen LogP contribution is 2.34. The molecule has 1 N–H and O–H groups in total. The number of likely N-dealkylation sites (N-methyl/N-ethyl adjacent to an activating group) is 1. The number of anilines is 1. The summed E-state index contributed by atoms with van der Waals surface area (Å²) in [6, 6.07) is 2.57. The number of non-ortho nitro benzene ring substituents is 1. The molecular weight excluding hydrogens is 265 g/mol. The second-order valence-corrected chi connectivity index (χ2v) is 4.59. The van der Waals surface area contributed by atoms with Crippen LogP contribution in [0.15, 0.2) is 12.1 Å². The van der Waals surface area contributed by atoms with E-state index in [-0.39, 0.29) is 15.7 Å². The van der Waals surface area contributed by atoms with Gasteiger partial charge in [-0.1, -0.05) is 23.2 Å². The summed E-state index contributed by atoms with van der Waals surface area (Å²) in [5, 5.41) is 14.1. The molecule has 0 saturated heterocycles. The van der Waals surface area contributed by atoms with Gasteiger partial charge in [-0.05, 0) is 14.1 Å². The predicted octanol–water partition coefficient (Wildman–Crippen LogP) is 2.88. The molecule has 1 aromatic carbocycles. The molecule has 0 amide bonds. The summed E-state index contributed by atoms with van der Waals surface area (Å²) in [5.41, 5.74) is 0.416. The van der Waals surface area contributed by atoms with Crippen molar-refractivity contribution in [3.63, 3.8) is 0 Å². The van der Waals surface area contributed by atoms with E-state index in [1.165, 1.54) is 12.1 Å². The Bertz CT molecular complexity index is 401. The van der Waals surface area contributed by atoms with Crippen molar-refractivity contribution in [2.24, 2.45) is 0 Å². The van der Waals surface area contributed by atoms with Gasteiger partial charge >= 0.3 is 0 Å². The van der Waals surface area contributed by atoms with E-state index in [9.17, 15) is 10.1 Å². The molecule has 0 aliphatic carbocycles. The number of nitrogens with one attached hydrogen (secondary N) is 1. The lowest BCUT2D eigenvalue weighted by molar-refractivity contribution is -0.384. The Morgan fingerprint density at radius 3 is 2.29 bits per heavy atom. The third-order valence-electron chi connectivity index (χ3n) is 2.10. The quantitative estimate of drug-likeness (QED) is 0.664. The van der Waals surface area contributed by atoms with Crippen LogP contribution in [0, 0.1) is 10.1 Å². The van der Waals surface area contributed by atoms with Crippen molar-refractivity contribution in [3.8, 4) is 0 Å². The fourth-order valence-corrected chi connectivity index (χ4v) is 1.85. The average Bonchev–Trinajstić information content (AvgIpc) is 2.21. The number of hydrogen-bond acceptors (Lipinski definition) is 4. The lowest BCUT2D eigenvalue weighted by atomic mass is 10.2. The monoisotopic (exact) mass is 277 g/mol. The number of hydrogen-bond donors (Lipinski definition) is 1. The van der Waals surface area contributed by atoms with Gasteiger partial charge in [0.05, 0.1) is 20.7 Å². The highest BCUT2D eigenvalue weighted by molar-refractivity contribution is 6.39. The van der Waals surface area contributed by atoms with Crippen molar-refractivity contribution in [1.29, 1.82) is 0 Å². The Hall–Kier alpha value is -1.04. The largest absolute Gasteiger partial charge is 0.381 e. The van der Waals surface area contributed by atoms with E-state index < -0.39 is 4.92 Å². The highest BCUT2D eigenvalue weighted by Gasteiger charge is 2.14. The maximum atomic E-state index is 10.6. The first-order chi connectivity index (χ1) is 7.91. The first-order valence-electron chi connectivity index (χ1n) is 4.94. The zero-order valence-corrected chi connectivity index (χ0v) is 11.0. The van der Waals surface area contributed by atoms with Crippen LogP contribution in [0.25, 0.3) is 0 Å². The molecule has 17 heavy (non-hydrogen) atoms. The molecule has 0 aliphatic rings. The number of nitro benzene ring substituents is 1. The van der Waals surface area contributed by atoms with Crippen LogP contribution >= 0.6 is 23.2 Å². The van der Waals surface area contributed by atoms with Crippen LogP contribution in [-0.4, -0.2) is 37.0 Å². The number of nitrogens with zero attached hydrogens (tertiary/aromatic N) is 2. The maximum Gasteiger partial charge on any atom is 0.272 e. The SMILES string of the molecule is CN(C)CCNc1c(Cl)cc([N+](=O)[O-])cc1Cl. The summed E-state index contributed by atoms with van der Waals surface area (Å²) < 4.78 is 0. The van der Waals surface area contributed by atoms with E-state index in [0.717, 1.165) is 6.54 Å². The maximum absolute atomic E-state index is 10.6. The molecule has 0 aromatic heterocycles. The van der Waals surface area contributed by atoms with Crippen LogP contribution in [0.1, 0.15) is 0 Å². The first-order valence-corrected chi connectivity index (χ1v) is 5.69. The van der Waals surface area contributed by atoms with Gasteiger partial charge in [-0.15, -0.1) is 0 Å². The fourth-order valence-electron chi connectivity index (χ4n) is 1.24. The average molecular weight is 278 g/mol. The molecular formula is C10H13Cl2N3O2. The van der Waals surface area contributed by atoms with Gasteiger partial charge in [0.25, 0.3) is 5.69 Å². The smallest absolute Gasteiger partial charge is 0.272 e. The van der Waals surface area contributed by atoms with Gasteiger partial charge in [-0.25, -0.2) is 0 Å². The lowest BCUT2D eigenvalue weighted by Crippen LogP contribution is -2.21. The molecule has 0 spiro atoms. The van der Waals surface area contributed by atoms with Crippen molar-refractivity contribution < 1.29 is 4.92 Å². The van der Waals surface area contributed by atoms with Crippen molar-refractivity contribution in [3.05, 3.63) is 32.3 Å². The second-order valence-electron chi connectivity index (χ2n) is 3.77. The molecule has 0 atom stereocenters. The van der Waals surface area contributed by atoms with Crippen LogP contribution in [0.5, 0.6) is 0 Å². The number of rotatable bonds is 5. The fraction of sp³-hybridized carbons (Fsp3) is 0.400. The molecule has 7 heteroatoms. The van der Waals surface area contributed by atoms with Gasteiger partial charge < -0.3 is 10.2 Å². The molecule has 0 aliphatic heterocycles. The Kier molecular flexibility index (Phi) is 4.99. The van der Waals surface area contributed by atoms with Crippen LogP contribution in [0.4, 0.5) is 11.4 Å². The van der Waals surface area contributed by atoms with E-state index in [1.807, 2.05) is 19.0 Å². The summed E-state index contributed by atoms with van der Waals surface area (Å²) in [4.78, 5) is 12.1. The summed E-state index contributed by atoms with van der Waals surface area (Å²) in [7, 11) is 3.89.